The lowest BCUT2D eigenvalue weighted by Gasteiger charge is -2.28. The van der Waals surface area contributed by atoms with Gasteiger partial charge in [0.15, 0.2) is 0 Å². The van der Waals surface area contributed by atoms with Crippen LogP contribution in [0.4, 0.5) is 0 Å². The van der Waals surface area contributed by atoms with Crippen LogP contribution in [0.25, 0.3) is 0 Å². The van der Waals surface area contributed by atoms with Crippen LogP contribution >= 0.6 is 0 Å². The molecule has 0 amide bonds. The smallest absolute Gasteiger partial charge is 0.0760 e. The molecule has 0 radical (unpaired) electrons. The number of rotatable bonds is 1. The molecule has 0 saturated heterocycles. The first-order chi connectivity index (χ1) is 7.90. The Morgan fingerprint density at radius 1 is 1.29 bits per heavy atom. The maximum atomic E-state index is 10.2. The van der Waals surface area contributed by atoms with Gasteiger partial charge in [-0.25, -0.2) is 0 Å². The van der Waals surface area contributed by atoms with E-state index in [1.807, 2.05) is 6.08 Å². The molecule has 1 aliphatic rings. The minimum Gasteiger partial charge on any atom is -0.392 e. The van der Waals surface area contributed by atoms with Crippen molar-refractivity contribution in [2.75, 3.05) is 0 Å². The molecule has 2 nitrogen and oxygen atoms in total. The summed E-state index contributed by atoms with van der Waals surface area (Å²) < 4.78 is 0. The molecule has 2 N–H and O–H groups in total. The summed E-state index contributed by atoms with van der Waals surface area (Å²) in [5.74, 6) is 0.806. The van der Waals surface area contributed by atoms with E-state index in [1.165, 1.54) is 5.57 Å². The fourth-order valence-corrected chi connectivity index (χ4v) is 2.66. The zero-order valence-corrected chi connectivity index (χ0v) is 11.3. The number of allylic oxidation sites excluding steroid dienone is 1. The summed E-state index contributed by atoms with van der Waals surface area (Å²) >= 11 is 0. The van der Waals surface area contributed by atoms with E-state index < -0.39 is 6.10 Å². The van der Waals surface area contributed by atoms with Crippen molar-refractivity contribution < 1.29 is 10.2 Å². The van der Waals surface area contributed by atoms with Gasteiger partial charge in [0.25, 0.3) is 0 Å². The highest BCUT2D eigenvalue weighted by atomic mass is 16.3. The van der Waals surface area contributed by atoms with Gasteiger partial charge in [-0.1, -0.05) is 37.6 Å². The second-order valence-electron chi connectivity index (χ2n) is 5.75. The number of aliphatic hydroxyl groups excluding tert-OH is 2. The Morgan fingerprint density at radius 2 is 1.94 bits per heavy atom. The summed E-state index contributed by atoms with van der Waals surface area (Å²) in [4.78, 5) is 0. The van der Waals surface area contributed by atoms with E-state index in [4.69, 9.17) is 0 Å². The first-order valence-corrected chi connectivity index (χ1v) is 6.60. The molecule has 0 fully saturated rings. The molecule has 0 aromatic heterocycles. The SMILES string of the molecule is C=C1C[C@@H](O)/C=C(/C)CC[C@@H](C(C)C)[C@@H](O)C1. The van der Waals surface area contributed by atoms with Crippen molar-refractivity contribution in [2.24, 2.45) is 11.8 Å². The highest BCUT2D eigenvalue weighted by Crippen LogP contribution is 2.29. The minimum atomic E-state index is -0.440. The molecule has 0 spiro atoms. The molecule has 0 saturated carbocycles. The average Bonchev–Trinajstić information content (AvgIpc) is 2.14. The van der Waals surface area contributed by atoms with Gasteiger partial charge in [0.1, 0.15) is 0 Å². The standard InChI is InChI=1S/C15H26O2/c1-10(2)14-6-5-11(3)7-13(16)8-12(4)9-15(14)17/h7,10,13-17H,4-6,8-9H2,1-3H3/b11-7-/t13-,14-,15-/m0/s1. The topological polar surface area (TPSA) is 40.5 Å². The van der Waals surface area contributed by atoms with Gasteiger partial charge < -0.3 is 10.2 Å². The highest BCUT2D eigenvalue weighted by Gasteiger charge is 2.24. The van der Waals surface area contributed by atoms with Crippen molar-refractivity contribution in [1.29, 1.82) is 0 Å². The van der Waals surface area contributed by atoms with Crippen LogP contribution in [0.5, 0.6) is 0 Å². The van der Waals surface area contributed by atoms with Crippen molar-refractivity contribution in [2.45, 2.75) is 58.7 Å². The van der Waals surface area contributed by atoms with Crippen LogP contribution in [0.1, 0.15) is 46.5 Å². The van der Waals surface area contributed by atoms with Gasteiger partial charge in [-0.15, -0.1) is 0 Å². The molecule has 0 aromatic carbocycles. The van der Waals surface area contributed by atoms with Crippen LogP contribution in [0.15, 0.2) is 23.8 Å². The second-order valence-corrected chi connectivity index (χ2v) is 5.75. The summed E-state index contributed by atoms with van der Waals surface area (Å²) in [5.41, 5.74) is 2.16. The molecule has 0 heterocycles. The van der Waals surface area contributed by atoms with Gasteiger partial charge >= 0.3 is 0 Å². The second kappa shape index (κ2) is 6.36. The normalized spacial score (nSPS) is 35.5. The molecule has 1 aliphatic carbocycles. The third-order valence-electron chi connectivity index (χ3n) is 3.70. The van der Waals surface area contributed by atoms with Gasteiger partial charge in [0, 0.05) is 0 Å². The van der Waals surface area contributed by atoms with Gasteiger partial charge in [0.05, 0.1) is 12.2 Å². The summed E-state index contributed by atoms with van der Waals surface area (Å²) in [7, 11) is 0. The van der Waals surface area contributed by atoms with E-state index in [0.717, 1.165) is 18.4 Å². The third-order valence-corrected chi connectivity index (χ3v) is 3.70. The van der Waals surface area contributed by atoms with Gasteiger partial charge in [-0.2, -0.15) is 0 Å². The maximum absolute atomic E-state index is 10.2. The zero-order valence-electron chi connectivity index (χ0n) is 11.3. The maximum Gasteiger partial charge on any atom is 0.0760 e. The fraction of sp³-hybridized carbons (Fsp3) is 0.733. The van der Waals surface area contributed by atoms with Crippen LogP contribution in [-0.2, 0) is 0 Å². The molecule has 17 heavy (non-hydrogen) atoms. The molecule has 2 heteroatoms. The molecular weight excluding hydrogens is 212 g/mol. The summed E-state index contributed by atoms with van der Waals surface area (Å²) in [6, 6.07) is 0. The third kappa shape index (κ3) is 4.64. The molecule has 98 valence electrons. The van der Waals surface area contributed by atoms with Gasteiger partial charge in [-0.3, -0.25) is 0 Å². The molecular formula is C15H26O2. The van der Waals surface area contributed by atoms with Crippen LogP contribution < -0.4 is 0 Å². The summed E-state index contributed by atoms with van der Waals surface area (Å²) in [5, 5.41) is 20.1. The molecule has 0 unspecified atom stereocenters. The zero-order chi connectivity index (χ0) is 13.0. The number of aliphatic hydroxyl groups is 2. The average molecular weight is 238 g/mol. The molecule has 1 rings (SSSR count). The Bertz CT molecular complexity index is 291. The Balaban J connectivity index is 2.82. The molecule has 0 bridgehead atoms. The van der Waals surface area contributed by atoms with Gasteiger partial charge in [-0.05, 0) is 44.4 Å². The molecule has 0 aliphatic heterocycles. The van der Waals surface area contributed by atoms with Crippen LogP contribution in [0.3, 0.4) is 0 Å². The van der Waals surface area contributed by atoms with E-state index >= 15 is 0 Å². The van der Waals surface area contributed by atoms with Crippen molar-refractivity contribution in [1.82, 2.24) is 0 Å². The fourth-order valence-electron chi connectivity index (χ4n) is 2.66. The Hall–Kier alpha value is -0.600. The minimum absolute atomic E-state index is 0.319. The van der Waals surface area contributed by atoms with E-state index in [2.05, 4.69) is 27.4 Å². The van der Waals surface area contributed by atoms with Crippen molar-refractivity contribution in [3.05, 3.63) is 23.8 Å². The first kappa shape index (κ1) is 14.5. The largest absolute Gasteiger partial charge is 0.392 e. The molecule has 0 aromatic rings. The van der Waals surface area contributed by atoms with Crippen molar-refractivity contribution >= 4 is 0 Å². The Kier molecular flexibility index (Phi) is 5.41. The lowest BCUT2D eigenvalue weighted by molar-refractivity contribution is 0.0737. The van der Waals surface area contributed by atoms with Crippen LogP contribution in [0, 0.1) is 11.8 Å². The van der Waals surface area contributed by atoms with E-state index in [9.17, 15) is 10.2 Å². The molecule has 3 atom stereocenters. The van der Waals surface area contributed by atoms with Crippen LogP contribution in [-0.4, -0.2) is 22.4 Å². The number of hydrogen-bond donors (Lipinski definition) is 2. The van der Waals surface area contributed by atoms with Crippen molar-refractivity contribution in [3.63, 3.8) is 0 Å². The summed E-state index contributed by atoms with van der Waals surface area (Å²) in [6.45, 7) is 10.3. The lowest BCUT2D eigenvalue weighted by Crippen LogP contribution is -2.27. The van der Waals surface area contributed by atoms with Gasteiger partial charge in [0.2, 0.25) is 0 Å². The van der Waals surface area contributed by atoms with Crippen LogP contribution in [0.2, 0.25) is 0 Å². The van der Waals surface area contributed by atoms with E-state index in [1.54, 1.807) is 0 Å². The van der Waals surface area contributed by atoms with E-state index in [0.29, 0.717) is 24.7 Å². The summed E-state index contributed by atoms with van der Waals surface area (Å²) in [6.07, 6.45) is 4.31. The monoisotopic (exact) mass is 238 g/mol. The van der Waals surface area contributed by atoms with E-state index in [-0.39, 0.29) is 6.10 Å². The van der Waals surface area contributed by atoms with Crippen molar-refractivity contribution in [3.8, 4) is 0 Å². The highest BCUT2D eigenvalue weighted by molar-refractivity contribution is 5.09. The quantitative estimate of drug-likeness (QED) is 0.689. The Labute approximate surface area is 105 Å². The first-order valence-electron chi connectivity index (χ1n) is 6.60. The lowest BCUT2D eigenvalue weighted by atomic mass is 9.81. The Morgan fingerprint density at radius 3 is 2.53 bits per heavy atom. The predicted molar refractivity (Wildman–Crippen MR) is 71.7 cm³/mol. The predicted octanol–water partition coefficient (Wildman–Crippen LogP) is 3.06. The number of hydrogen-bond acceptors (Lipinski definition) is 2.